The van der Waals surface area contributed by atoms with Gasteiger partial charge in [0.1, 0.15) is 4.88 Å². The number of carboxylic acid groups (broad SMARTS) is 1. The summed E-state index contributed by atoms with van der Waals surface area (Å²) in [6.45, 7) is 2.50. The van der Waals surface area contributed by atoms with Gasteiger partial charge in [-0.2, -0.15) is 0 Å². The molecule has 0 aromatic carbocycles. The lowest BCUT2D eigenvalue weighted by Crippen LogP contribution is -2.31. The van der Waals surface area contributed by atoms with Crippen LogP contribution in [0.3, 0.4) is 0 Å². The Morgan fingerprint density at radius 1 is 1.39 bits per heavy atom. The van der Waals surface area contributed by atoms with Crippen molar-refractivity contribution in [2.45, 2.75) is 13.3 Å². The third-order valence-electron chi connectivity index (χ3n) is 3.13. The number of aromatic carboxylic acids is 1. The number of carboxylic acids is 1. The number of nitrogens with one attached hydrogen (secondary N) is 1. The van der Waals surface area contributed by atoms with Crippen LogP contribution in [-0.4, -0.2) is 52.0 Å². The third kappa shape index (κ3) is 5.11. The van der Waals surface area contributed by atoms with Crippen LogP contribution in [0.5, 0.6) is 0 Å². The minimum Gasteiger partial charge on any atom is -0.477 e. The van der Waals surface area contributed by atoms with Crippen LogP contribution in [0.1, 0.15) is 21.1 Å². The van der Waals surface area contributed by atoms with E-state index in [0.717, 1.165) is 23.5 Å². The average molecular weight is 334 g/mol. The van der Waals surface area contributed by atoms with Gasteiger partial charge in [0.25, 0.3) is 0 Å². The second-order valence-corrected chi connectivity index (χ2v) is 6.09. The summed E-state index contributed by atoms with van der Waals surface area (Å²) in [5, 5.41) is 11.9. The number of hydrogen-bond donors (Lipinski definition) is 2. The molecule has 2 rings (SSSR count). The predicted molar refractivity (Wildman–Crippen MR) is 87.9 cm³/mol. The minimum atomic E-state index is -1.03. The van der Waals surface area contributed by atoms with Crippen molar-refractivity contribution in [2.75, 3.05) is 25.5 Å². The highest BCUT2D eigenvalue weighted by Gasteiger charge is 2.16. The van der Waals surface area contributed by atoms with Crippen LogP contribution in [0.4, 0.5) is 5.13 Å². The summed E-state index contributed by atoms with van der Waals surface area (Å²) < 4.78 is 0. The van der Waals surface area contributed by atoms with Crippen molar-refractivity contribution in [2.24, 2.45) is 0 Å². The first-order valence-electron chi connectivity index (χ1n) is 7.04. The molecule has 2 aromatic heterocycles. The third-order valence-corrected chi connectivity index (χ3v) is 4.19. The fourth-order valence-electron chi connectivity index (χ4n) is 1.98. The van der Waals surface area contributed by atoms with Crippen LogP contribution in [0.25, 0.3) is 0 Å². The zero-order valence-corrected chi connectivity index (χ0v) is 13.8. The zero-order chi connectivity index (χ0) is 16.8. The molecule has 0 spiro atoms. The molecule has 0 unspecified atom stereocenters. The maximum atomic E-state index is 12.0. The molecule has 122 valence electrons. The predicted octanol–water partition coefficient (Wildman–Crippen LogP) is 1.66. The molecule has 0 aliphatic carbocycles. The van der Waals surface area contributed by atoms with Crippen molar-refractivity contribution in [1.82, 2.24) is 14.9 Å². The second kappa shape index (κ2) is 7.80. The molecule has 0 bridgehead atoms. The van der Waals surface area contributed by atoms with E-state index in [1.807, 2.05) is 30.1 Å². The molecule has 0 atom stereocenters. The molecule has 2 N–H and O–H groups in total. The van der Waals surface area contributed by atoms with E-state index in [2.05, 4.69) is 15.3 Å². The number of carbonyl (C=O) groups is 2. The molecular weight excluding hydrogens is 316 g/mol. The van der Waals surface area contributed by atoms with Gasteiger partial charge < -0.3 is 10.4 Å². The van der Waals surface area contributed by atoms with Crippen LogP contribution < -0.4 is 5.32 Å². The summed E-state index contributed by atoms with van der Waals surface area (Å²) in [4.78, 5) is 33.2. The first-order chi connectivity index (χ1) is 11.0. The Morgan fingerprint density at radius 3 is 2.78 bits per heavy atom. The Labute approximate surface area is 138 Å². The van der Waals surface area contributed by atoms with E-state index >= 15 is 0 Å². The average Bonchev–Trinajstić information content (AvgIpc) is 2.86. The van der Waals surface area contributed by atoms with E-state index in [4.69, 9.17) is 5.11 Å². The maximum Gasteiger partial charge on any atom is 0.347 e. The highest BCUT2D eigenvalue weighted by Crippen LogP contribution is 2.22. The lowest BCUT2D eigenvalue weighted by Gasteiger charge is -2.15. The van der Waals surface area contributed by atoms with Crippen molar-refractivity contribution >= 4 is 28.3 Å². The number of aryl methyl sites for hydroxylation is 1. The van der Waals surface area contributed by atoms with Gasteiger partial charge in [-0.25, -0.2) is 9.78 Å². The van der Waals surface area contributed by atoms with E-state index < -0.39 is 5.97 Å². The fraction of sp³-hybridized carbons (Fsp3) is 0.333. The fourth-order valence-corrected chi connectivity index (χ4v) is 2.80. The Hall–Kier alpha value is -2.32. The molecule has 0 fully saturated rings. The SMILES string of the molecule is Cc1nc(NC(=O)CN(C)CCc2ccccn2)sc1C(=O)O. The number of pyridine rings is 1. The number of amides is 1. The number of rotatable bonds is 7. The smallest absolute Gasteiger partial charge is 0.347 e. The van der Waals surface area contributed by atoms with Gasteiger partial charge in [-0.05, 0) is 26.1 Å². The van der Waals surface area contributed by atoms with Gasteiger partial charge in [-0.15, -0.1) is 0 Å². The van der Waals surface area contributed by atoms with Crippen molar-refractivity contribution in [3.63, 3.8) is 0 Å². The molecule has 0 aliphatic rings. The van der Waals surface area contributed by atoms with Crippen molar-refractivity contribution in [3.8, 4) is 0 Å². The lowest BCUT2D eigenvalue weighted by atomic mass is 10.2. The van der Waals surface area contributed by atoms with Gasteiger partial charge in [0.2, 0.25) is 5.91 Å². The minimum absolute atomic E-state index is 0.142. The van der Waals surface area contributed by atoms with Crippen molar-refractivity contribution in [1.29, 1.82) is 0 Å². The molecule has 0 saturated heterocycles. The summed E-state index contributed by atoms with van der Waals surface area (Å²) in [7, 11) is 1.85. The standard InChI is InChI=1S/C15H18N4O3S/c1-10-13(14(21)22)23-15(17-10)18-12(20)9-19(2)8-6-11-5-3-4-7-16-11/h3-5,7H,6,8-9H2,1-2H3,(H,21,22)(H,17,18,20). The number of nitrogens with zero attached hydrogens (tertiary/aromatic N) is 3. The molecule has 7 nitrogen and oxygen atoms in total. The number of carbonyl (C=O) groups excluding carboxylic acids is 1. The number of aromatic nitrogens is 2. The first-order valence-corrected chi connectivity index (χ1v) is 7.86. The summed E-state index contributed by atoms with van der Waals surface area (Å²) >= 11 is 0.962. The van der Waals surface area contributed by atoms with E-state index in [-0.39, 0.29) is 17.3 Å². The summed E-state index contributed by atoms with van der Waals surface area (Å²) in [5.41, 5.74) is 1.38. The molecule has 0 aliphatic heterocycles. The van der Waals surface area contributed by atoms with Crippen LogP contribution in [0.15, 0.2) is 24.4 Å². The van der Waals surface area contributed by atoms with Crippen LogP contribution >= 0.6 is 11.3 Å². The topological polar surface area (TPSA) is 95.4 Å². The molecule has 23 heavy (non-hydrogen) atoms. The summed E-state index contributed by atoms with van der Waals surface area (Å²) in [5.74, 6) is -1.26. The summed E-state index contributed by atoms with van der Waals surface area (Å²) in [6, 6.07) is 5.74. The highest BCUT2D eigenvalue weighted by molar-refractivity contribution is 7.17. The van der Waals surface area contributed by atoms with Gasteiger partial charge in [0.05, 0.1) is 12.2 Å². The highest BCUT2D eigenvalue weighted by atomic mass is 32.1. The van der Waals surface area contributed by atoms with E-state index in [1.165, 1.54) is 0 Å². The first kappa shape index (κ1) is 17.0. The van der Waals surface area contributed by atoms with Crippen LogP contribution in [0, 0.1) is 6.92 Å². The van der Waals surface area contributed by atoms with Crippen molar-refractivity contribution < 1.29 is 14.7 Å². The number of thiazole rings is 1. The molecule has 0 saturated carbocycles. The van der Waals surface area contributed by atoms with E-state index in [0.29, 0.717) is 17.4 Å². The zero-order valence-electron chi connectivity index (χ0n) is 12.9. The summed E-state index contributed by atoms with van der Waals surface area (Å²) in [6.07, 6.45) is 2.50. The number of anilines is 1. The quantitative estimate of drug-likeness (QED) is 0.799. The van der Waals surface area contributed by atoms with Gasteiger partial charge in [0, 0.05) is 24.9 Å². The van der Waals surface area contributed by atoms with Crippen molar-refractivity contribution in [3.05, 3.63) is 40.7 Å². The Kier molecular flexibility index (Phi) is 5.78. The Morgan fingerprint density at radius 2 is 2.17 bits per heavy atom. The molecule has 8 heteroatoms. The molecule has 2 heterocycles. The maximum absolute atomic E-state index is 12.0. The lowest BCUT2D eigenvalue weighted by molar-refractivity contribution is -0.117. The van der Waals surface area contributed by atoms with E-state index in [9.17, 15) is 9.59 Å². The van der Waals surface area contributed by atoms with Crippen LogP contribution in [-0.2, 0) is 11.2 Å². The van der Waals surface area contributed by atoms with Gasteiger partial charge in [0.15, 0.2) is 5.13 Å². The molecule has 0 radical (unpaired) electrons. The van der Waals surface area contributed by atoms with Gasteiger partial charge >= 0.3 is 5.97 Å². The molecule has 1 amide bonds. The molecule has 2 aromatic rings. The van der Waals surface area contributed by atoms with Gasteiger partial charge in [-0.1, -0.05) is 17.4 Å². The van der Waals surface area contributed by atoms with E-state index in [1.54, 1.807) is 13.1 Å². The Bertz CT molecular complexity index is 687. The largest absolute Gasteiger partial charge is 0.477 e. The Balaban J connectivity index is 1.82. The molecular formula is C15H18N4O3S. The number of likely N-dealkylation sites (N-methyl/N-ethyl adjacent to an activating group) is 1. The second-order valence-electron chi connectivity index (χ2n) is 5.10. The normalized spacial score (nSPS) is 10.7. The number of hydrogen-bond acceptors (Lipinski definition) is 6. The monoisotopic (exact) mass is 334 g/mol. The van der Waals surface area contributed by atoms with Crippen LogP contribution in [0.2, 0.25) is 0 Å². The van der Waals surface area contributed by atoms with Gasteiger partial charge in [-0.3, -0.25) is 14.7 Å².